The van der Waals surface area contributed by atoms with E-state index in [4.69, 9.17) is 4.74 Å². The van der Waals surface area contributed by atoms with E-state index in [9.17, 15) is 14.7 Å². The Morgan fingerprint density at radius 1 is 1.38 bits per heavy atom. The van der Waals surface area contributed by atoms with Gasteiger partial charge in [0.2, 0.25) is 11.8 Å². The maximum Gasteiger partial charge on any atom is 0.243 e. The lowest BCUT2D eigenvalue weighted by Crippen LogP contribution is -2.39. The van der Waals surface area contributed by atoms with Crippen LogP contribution in [-0.4, -0.2) is 53.7 Å². The second-order valence-corrected chi connectivity index (χ2v) is 4.76. The van der Waals surface area contributed by atoms with Crippen LogP contribution in [0.1, 0.15) is 0 Å². The topological polar surface area (TPSA) is 78.9 Å². The van der Waals surface area contributed by atoms with E-state index in [0.29, 0.717) is 12.3 Å². The monoisotopic (exact) mass is 290 g/mol. The fraction of sp³-hybridized carbons (Fsp3) is 0.333. The van der Waals surface area contributed by atoms with Crippen LogP contribution in [0.2, 0.25) is 0 Å². The van der Waals surface area contributed by atoms with E-state index in [0.717, 1.165) is 6.08 Å². The number of likely N-dealkylation sites (tertiary alicyclic amines) is 1. The van der Waals surface area contributed by atoms with Crippen molar-refractivity contribution in [2.45, 2.75) is 12.2 Å². The molecule has 0 unspecified atom stereocenters. The van der Waals surface area contributed by atoms with Crippen LogP contribution in [0.5, 0.6) is 5.75 Å². The normalized spacial score (nSPS) is 20.9. The summed E-state index contributed by atoms with van der Waals surface area (Å²) < 4.78 is 5.67. The fourth-order valence-corrected chi connectivity index (χ4v) is 2.10. The van der Waals surface area contributed by atoms with Gasteiger partial charge in [0, 0.05) is 0 Å². The summed E-state index contributed by atoms with van der Waals surface area (Å²) >= 11 is 0. The standard InChI is InChI=1S/C15H18N2O4/c1-2-14(19)16-8-15(20)17-9-12(18)13(10-17)21-11-6-4-3-5-7-11/h2-7,12-13,18H,1,8-10H2,(H,16,19)/t12-,13-/m1/s1. The van der Waals surface area contributed by atoms with Gasteiger partial charge >= 0.3 is 0 Å². The fourth-order valence-electron chi connectivity index (χ4n) is 2.10. The number of para-hydroxylation sites is 1. The first kappa shape index (κ1) is 15.1. The summed E-state index contributed by atoms with van der Waals surface area (Å²) in [4.78, 5) is 24.4. The molecule has 112 valence electrons. The molecule has 1 aliphatic heterocycles. The predicted molar refractivity (Wildman–Crippen MR) is 76.7 cm³/mol. The summed E-state index contributed by atoms with van der Waals surface area (Å²) in [5, 5.41) is 12.4. The minimum atomic E-state index is -0.746. The smallest absolute Gasteiger partial charge is 0.243 e. The molecule has 21 heavy (non-hydrogen) atoms. The highest BCUT2D eigenvalue weighted by atomic mass is 16.5. The van der Waals surface area contributed by atoms with Crippen LogP contribution >= 0.6 is 0 Å². The second-order valence-electron chi connectivity index (χ2n) is 4.76. The van der Waals surface area contributed by atoms with Crippen LogP contribution in [0.3, 0.4) is 0 Å². The number of rotatable bonds is 5. The number of carbonyl (C=O) groups is 2. The molecule has 6 heteroatoms. The Morgan fingerprint density at radius 3 is 2.76 bits per heavy atom. The molecule has 2 amide bonds. The summed E-state index contributed by atoms with van der Waals surface area (Å²) in [5.41, 5.74) is 0. The lowest BCUT2D eigenvalue weighted by atomic mass is 10.2. The van der Waals surface area contributed by atoms with Gasteiger partial charge in [0.05, 0.1) is 19.6 Å². The summed E-state index contributed by atoms with van der Waals surface area (Å²) in [6.07, 6.45) is -0.108. The number of β-amino-alcohol motifs (C(OH)–C–C–N with tert-alkyl or cyclic N) is 1. The largest absolute Gasteiger partial charge is 0.486 e. The predicted octanol–water partition coefficient (Wildman–Crippen LogP) is -0.0607. The molecule has 1 aliphatic rings. The van der Waals surface area contributed by atoms with E-state index in [2.05, 4.69) is 11.9 Å². The average Bonchev–Trinajstić information content (AvgIpc) is 2.86. The van der Waals surface area contributed by atoms with Gasteiger partial charge in [0.15, 0.2) is 0 Å². The lowest BCUT2D eigenvalue weighted by Gasteiger charge is -2.17. The maximum atomic E-state index is 11.9. The van der Waals surface area contributed by atoms with Gasteiger partial charge in [-0.15, -0.1) is 0 Å². The Morgan fingerprint density at radius 2 is 2.10 bits per heavy atom. The van der Waals surface area contributed by atoms with Gasteiger partial charge in [-0.1, -0.05) is 24.8 Å². The first-order chi connectivity index (χ1) is 10.1. The molecule has 0 spiro atoms. The number of hydrogen-bond acceptors (Lipinski definition) is 4. The SMILES string of the molecule is C=CC(=O)NCC(=O)N1C[C@@H](O)[C@H](Oc2ccccc2)C1. The highest BCUT2D eigenvalue weighted by molar-refractivity contribution is 5.90. The van der Waals surface area contributed by atoms with Crippen LogP contribution in [-0.2, 0) is 9.59 Å². The Hall–Kier alpha value is -2.34. The lowest BCUT2D eigenvalue weighted by molar-refractivity contribution is -0.131. The van der Waals surface area contributed by atoms with Gasteiger partial charge < -0.3 is 20.1 Å². The van der Waals surface area contributed by atoms with E-state index < -0.39 is 18.1 Å². The van der Waals surface area contributed by atoms with Gasteiger partial charge in [0.1, 0.15) is 18.0 Å². The molecule has 6 nitrogen and oxygen atoms in total. The zero-order valence-corrected chi connectivity index (χ0v) is 11.6. The quantitative estimate of drug-likeness (QED) is 0.745. The van der Waals surface area contributed by atoms with Crippen LogP contribution in [0.25, 0.3) is 0 Å². The third kappa shape index (κ3) is 4.06. The molecule has 1 aromatic rings. The van der Waals surface area contributed by atoms with Gasteiger partial charge in [-0.3, -0.25) is 9.59 Å². The number of ether oxygens (including phenoxy) is 1. The van der Waals surface area contributed by atoms with Crippen molar-refractivity contribution in [3.63, 3.8) is 0 Å². The highest BCUT2D eigenvalue weighted by Crippen LogP contribution is 2.18. The summed E-state index contributed by atoms with van der Waals surface area (Å²) in [6, 6.07) is 9.13. The molecule has 0 saturated carbocycles. The molecule has 1 heterocycles. The molecule has 0 aliphatic carbocycles. The number of carbonyl (C=O) groups excluding carboxylic acids is 2. The number of benzene rings is 1. The molecule has 0 aromatic heterocycles. The number of nitrogens with zero attached hydrogens (tertiary/aromatic N) is 1. The van der Waals surface area contributed by atoms with Crippen molar-refractivity contribution in [2.75, 3.05) is 19.6 Å². The molecular weight excluding hydrogens is 272 g/mol. The van der Waals surface area contributed by atoms with Crippen molar-refractivity contribution in [3.05, 3.63) is 43.0 Å². The third-order valence-corrected chi connectivity index (χ3v) is 3.22. The summed E-state index contributed by atoms with van der Waals surface area (Å²) in [7, 11) is 0. The second kappa shape index (κ2) is 6.90. The van der Waals surface area contributed by atoms with Crippen molar-refractivity contribution in [2.24, 2.45) is 0 Å². The highest BCUT2D eigenvalue weighted by Gasteiger charge is 2.35. The number of aliphatic hydroxyl groups excluding tert-OH is 1. The van der Waals surface area contributed by atoms with Crippen molar-refractivity contribution >= 4 is 11.8 Å². The molecule has 0 radical (unpaired) electrons. The first-order valence-electron chi connectivity index (χ1n) is 6.68. The van der Waals surface area contributed by atoms with Crippen LogP contribution < -0.4 is 10.1 Å². The van der Waals surface area contributed by atoms with E-state index >= 15 is 0 Å². The van der Waals surface area contributed by atoms with E-state index in [1.54, 1.807) is 12.1 Å². The number of aliphatic hydroxyl groups is 1. The van der Waals surface area contributed by atoms with Gasteiger partial charge in [-0.25, -0.2) is 0 Å². The third-order valence-electron chi connectivity index (χ3n) is 3.22. The minimum absolute atomic E-state index is 0.115. The molecule has 2 N–H and O–H groups in total. The molecule has 2 atom stereocenters. The maximum absolute atomic E-state index is 11.9. The van der Waals surface area contributed by atoms with Crippen LogP contribution in [0.15, 0.2) is 43.0 Å². The number of nitrogens with one attached hydrogen (secondary N) is 1. The molecule has 1 saturated heterocycles. The molecule has 1 fully saturated rings. The van der Waals surface area contributed by atoms with E-state index in [1.165, 1.54) is 4.90 Å². The summed E-state index contributed by atoms with van der Waals surface area (Å²) in [5.74, 6) is -0.0144. The zero-order chi connectivity index (χ0) is 15.2. The Kier molecular flexibility index (Phi) is 4.94. The van der Waals surface area contributed by atoms with Gasteiger partial charge in [-0.05, 0) is 18.2 Å². The minimum Gasteiger partial charge on any atom is -0.486 e. The summed E-state index contributed by atoms with van der Waals surface area (Å²) in [6.45, 7) is 3.68. The molecule has 2 rings (SSSR count). The van der Waals surface area contributed by atoms with Crippen molar-refractivity contribution in [1.82, 2.24) is 10.2 Å². The van der Waals surface area contributed by atoms with E-state index in [-0.39, 0.29) is 19.0 Å². The van der Waals surface area contributed by atoms with E-state index in [1.807, 2.05) is 18.2 Å². The van der Waals surface area contributed by atoms with Crippen LogP contribution in [0, 0.1) is 0 Å². The Labute approximate surface area is 123 Å². The Balaban J connectivity index is 1.87. The molecule has 1 aromatic carbocycles. The van der Waals surface area contributed by atoms with Gasteiger partial charge in [-0.2, -0.15) is 0 Å². The van der Waals surface area contributed by atoms with Crippen molar-refractivity contribution in [1.29, 1.82) is 0 Å². The molecule has 0 bridgehead atoms. The van der Waals surface area contributed by atoms with Gasteiger partial charge in [0.25, 0.3) is 0 Å². The number of amides is 2. The average molecular weight is 290 g/mol. The number of hydrogen-bond donors (Lipinski definition) is 2. The zero-order valence-electron chi connectivity index (χ0n) is 11.6. The first-order valence-corrected chi connectivity index (χ1v) is 6.68. The van der Waals surface area contributed by atoms with Crippen molar-refractivity contribution in [3.8, 4) is 5.75 Å². The Bertz CT molecular complexity index is 518. The molecular formula is C15H18N2O4. The van der Waals surface area contributed by atoms with Crippen molar-refractivity contribution < 1.29 is 19.4 Å². The van der Waals surface area contributed by atoms with Crippen LogP contribution in [0.4, 0.5) is 0 Å².